The molecule has 0 radical (unpaired) electrons. The molecule has 6 rings (SSSR count). The molecular formula is C31H22BrNO5. The number of hydrogen-bond donors (Lipinski definition) is 0. The Kier molecular flexibility index (Phi) is 6.21. The molecule has 7 heteroatoms. The van der Waals surface area contributed by atoms with Crippen LogP contribution in [-0.4, -0.2) is 13.0 Å². The maximum absolute atomic E-state index is 13.8. The van der Waals surface area contributed by atoms with Crippen LogP contribution in [-0.2, 0) is 6.61 Å². The first-order valence-electron chi connectivity index (χ1n) is 12.0. The van der Waals surface area contributed by atoms with Crippen molar-refractivity contribution in [3.05, 3.63) is 134 Å². The van der Waals surface area contributed by atoms with Gasteiger partial charge in [-0.15, -0.1) is 0 Å². The fourth-order valence-corrected chi connectivity index (χ4v) is 5.14. The zero-order chi connectivity index (χ0) is 26.2. The van der Waals surface area contributed by atoms with Crippen molar-refractivity contribution >= 4 is 38.5 Å². The van der Waals surface area contributed by atoms with Crippen molar-refractivity contribution in [2.24, 2.45) is 0 Å². The van der Waals surface area contributed by atoms with Crippen LogP contribution in [0.2, 0.25) is 0 Å². The van der Waals surface area contributed by atoms with Crippen LogP contribution in [0.4, 0.5) is 5.69 Å². The predicted octanol–water partition coefficient (Wildman–Crippen LogP) is 6.89. The molecule has 6 nitrogen and oxygen atoms in total. The molecule has 4 aromatic carbocycles. The van der Waals surface area contributed by atoms with Crippen molar-refractivity contribution in [1.29, 1.82) is 0 Å². The van der Waals surface area contributed by atoms with Gasteiger partial charge in [0.25, 0.3) is 5.91 Å². The maximum Gasteiger partial charge on any atom is 0.295 e. The standard InChI is InChI=1S/C31H22BrNO5/c1-36-24-9-5-8-22(17-24)33-28(20-10-13-23(14-11-20)37-18-19-6-3-2-4-7-19)27-29(34)25-16-21(32)12-15-26(25)38-30(27)31(33)35/h2-17,28H,18H2,1H3. The van der Waals surface area contributed by atoms with Crippen LogP contribution >= 0.6 is 15.9 Å². The highest BCUT2D eigenvalue weighted by Gasteiger charge is 2.43. The van der Waals surface area contributed by atoms with Crippen molar-refractivity contribution < 1.29 is 18.7 Å². The van der Waals surface area contributed by atoms with E-state index in [9.17, 15) is 9.59 Å². The third-order valence-corrected chi connectivity index (χ3v) is 7.10. The first-order valence-corrected chi connectivity index (χ1v) is 12.8. The van der Waals surface area contributed by atoms with Crippen LogP contribution in [0.1, 0.15) is 33.3 Å². The van der Waals surface area contributed by atoms with Crippen molar-refractivity contribution in [2.75, 3.05) is 12.0 Å². The van der Waals surface area contributed by atoms with Crippen molar-refractivity contribution in [2.45, 2.75) is 12.6 Å². The molecule has 0 fully saturated rings. The lowest BCUT2D eigenvalue weighted by Crippen LogP contribution is -2.29. The molecule has 1 amide bonds. The molecule has 5 aromatic rings. The molecule has 0 saturated carbocycles. The summed E-state index contributed by atoms with van der Waals surface area (Å²) in [6.07, 6.45) is 0. The van der Waals surface area contributed by atoms with Crippen molar-refractivity contribution in [3.63, 3.8) is 0 Å². The molecule has 1 unspecified atom stereocenters. The number of carbonyl (C=O) groups excluding carboxylic acids is 1. The number of benzene rings is 4. The quantitative estimate of drug-likeness (QED) is 0.223. The second-order valence-corrected chi connectivity index (χ2v) is 9.85. The normalized spacial score (nSPS) is 14.5. The number of fused-ring (bicyclic) bond motifs is 2. The lowest BCUT2D eigenvalue weighted by atomic mass is 9.98. The fourth-order valence-electron chi connectivity index (χ4n) is 4.77. The van der Waals surface area contributed by atoms with Gasteiger partial charge >= 0.3 is 0 Å². The van der Waals surface area contributed by atoms with Gasteiger partial charge in [0, 0.05) is 16.2 Å². The van der Waals surface area contributed by atoms with Gasteiger partial charge in [-0.1, -0.05) is 64.5 Å². The Hall–Kier alpha value is -4.36. The van der Waals surface area contributed by atoms with Gasteiger partial charge in [0.2, 0.25) is 5.76 Å². The van der Waals surface area contributed by atoms with E-state index >= 15 is 0 Å². The number of methoxy groups -OCH3 is 1. The molecule has 38 heavy (non-hydrogen) atoms. The van der Waals surface area contributed by atoms with E-state index in [1.165, 1.54) is 0 Å². The zero-order valence-electron chi connectivity index (χ0n) is 20.4. The van der Waals surface area contributed by atoms with Gasteiger partial charge < -0.3 is 13.9 Å². The van der Waals surface area contributed by atoms with Gasteiger partial charge in [0.1, 0.15) is 23.7 Å². The number of ether oxygens (including phenoxy) is 2. The highest BCUT2D eigenvalue weighted by molar-refractivity contribution is 9.10. The van der Waals surface area contributed by atoms with Crippen molar-refractivity contribution in [1.82, 2.24) is 0 Å². The number of anilines is 1. The van der Waals surface area contributed by atoms with Crippen LogP contribution in [0.5, 0.6) is 11.5 Å². The van der Waals surface area contributed by atoms with E-state index in [1.54, 1.807) is 42.3 Å². The summed E-state index contributed by atoms with van der Waals surface area (Å²) in [5.74, 6) is 0.944. The fraction of sp³-hybridized carbons (Fsp3) is 0.0968. The van der Waals surface area contributed by atoms with E-state index < -0.39 is 6.04 Å². The molecule has 1 atom stereocenters. The van der Waals surface area contributed by atoms with Crippen LogP contribution < -0.4 is 19.8 Å². The van der Waals surface area contributed by atoms with Crippen LogP contribution in [0.25, 0.3) is 11.0 Å². The van der Waals surface area contributed by atoms with E-state index in [2.05, 4.69) is 15.9 Å². The molecule has 1 aliphatic rings. The van der Waals surface area contributed by atoms with E-state index in [-0.39, 0.29) is 17.1 Å². The Morgan fingerprint density at radius 2 is 1.66 bits per heavy atom. The summed E-state index contributed by atoms with van der Waals surface area (Å²) in [5.41, 5.74) is 2.85. The number of hydrogen-bond acceptors (Lipinski definition) is 5. The average Bonchev–Trinajstić information content (AvgIpc) is 3.25. The second-order valence-electron chi connectivity index (χ2n) is 8.94. The molecule has 0 saturated heterocycles. The van der Waals surface area contributed by atoms with E-state index in [4.69, 9.17) is 13.9 Å². The number of halogens is 1. The van der Waals surface area contributed by atoms with Gasteiger partial charge in [0.05, 0.1) is 24.1 Å². The van der Waals surface area contributed by atoms with E-state index in [0.29, 0.717) is 40.3 Å². The summed E-state index contributed by atoms with van der Waals surface area (Å²) in [7, 11) is 1.57. The minimum absolute atomic E-state index is 0.0436. The molecular weight excluding hydrogens is 546 g/mol. The minimum Gasteiger partial charge on any atom is -0.497 e. The summed E-state index contributed by atoms with van der Waals surface area (Å²) in [6, 6.07) is 29.1. The summed E-state index contributed by atoms with van der Waals surface area (Å²) in [6.45, 7) is 0.436. The number of carbonyl (C=O) groups is 1. The zero-order valence-corrected chi connectivity index (χ0v) is 22.0. The van der Waals surface area contributed by atoms with E-state index in [0.717, 1.165) is 15.6 Å². The highest BCUT2D eigenvalue weighted by atomic mass is 79.9. The van der Waals surface area contributed by atoms with Crippen LogP contribution in [0, 0.1) is 0 Å². The topological polar surface area (TPSA) is 69.0 Å². The van der Waals surface area contributed by atoms with Crippen LogP contribution in [0.15, 0.2) is 111 Å². The Balaban J connectivity index is 1.45. The SMILES string of the molecule is COc1cccc(N2C(=O)c3oc4ccc(Br)cc4c(=O)c3C2c2ccc(OCc3ccccc3)cc2)c1. The third kappa shape index (κ3) is 4.25. The minimum atomic E-state index is -0.688. The number of rotatable bonds is 6. The molecule has 0 spiro atoms. The summed E-state index contributed by atoms with van der Waals surface area (Å²) >= 11 is 3.44. The molecule has 0 N–H and O–H groups in total. The van der Waals surface area contributed by atoms with Gasteiger partial charge in [0.15, 0.2) is 5.43 Å². The molecule has 2 heterocycles. The van der Waals surface area contributed by atoms with Gasteiger partial charge in [-0.05, 0) is 53.6 Å². The number of amides is 1. The van der Waals surface area contributed by atoms with Gasteiger partial charge in [-0.3, -0.25) is 14.5 Å². The highest BCUT2D eigenvalue weighted by Crippen LogP contribution is 2.42. The Morgan fingerprint density at radius 1 is 0.868 bits per heavy atom. The molecule has 1 aromatic heterocycles. The largest absolute Gasteiger partial charge is 0.497 e. The Labute approximate surface area is 227 Å². The summed E-state index contributed by atoms with van der Waals surface area (Å²) < 4.78 is 18.2. The Bertz CT molecular complexity index is 1710. The van der Waals surface area contributed by atoms with Crippen molar-refractivity contribution in [3.8, 4) is 11.5 Å². The van der Waals surface area contributed by atoms with E-state index in [1.807, 2.05) is 66.7 Å². The molecule has 0 aliphatic carbocycles. The van der Waals surface area contributed by atoms with Gasteiger partial charge in [-0.25, -0.2) is 0 Å². The smallest absolute Gasteiger partial charge is 0.295 e. The monoisotopic (exact) mass is 567 g/mol. The summed E-state index contributed by atoms with van der Waals surface area (Å²) in [5, 5.41) is 0.409. The summed E-state index contributed by atoms with van der Waals surface area (Å²) in [4.78, 5) is 29.2. The number of nitrogens with zero attached hydrogens (tertiary/aromatic N) is 1. The van der Waals surface area contributed by atoms with Crippen LogP contribution in [0.3, 0.4) is 0 Å². The molecule has 188 valence electrons. The predicted molar refractivity (Wildman–Crippen MR) is 149 cm³/mol. The second kappa shape index (κ2) is 9.84. The Morgan fingerprint density at radius 3 is 2.42 bits per heavy atom. The maximum atomic E-state index is 13.8. The first kappa shape index (κ1) is 24.0. The van der Waals surface area contributed by atoms with Gasteiger partial charge in [-0.2, -0.15) is 0 Å². The third-order valence-electron chi connectivity index (χ3n) is 6.61. The lowest BCUT2D eigenvalue weighted by molar-refractivity contribution is 0.0971. The molecule has 0 bridgehead atoms. The average molecular weight is 568 g/mol. The lowest BCUT2D eigenvalue weighted by Gasteiger charge is -2.25. The molecule has 1 aliphatic heterocycles. The first-order chi connectivity index (χ1) is 18.5.